The number of rotatable bonds is 4. The summed E-state index contributed by atoms with van der Waals surface area (Å²) < 4.78 is 13.3. The normalized spacial score (nSPS) is 16.7. The van der Waals surface area contributed by atoms with E-state index < -0.39 is 5.82 Å². The fourth-order valence-corrected chi connectivity index (χ4v) is 3.22. The standard InChI is InChI=1S/C20H19FN4O/c21-16-8-4-7-15(11-16)20(26)22-17-9-10-25(13-17)19-12-18(23-24-19)14-5-2-1-3-6-14/h1-8,11-12,17H,9-10,13H2,(H,22,26)(H,23,24). The number of nitrogens with zero attached hydrogens (tertiary/aromatic N) is 2. The highest BCUT2D eigenvalue weighted by Crippen LogP contribution is 2.24. The minimum Gasteiger partial charge on any atom is -0.353 e. The summed E-state index contributed by atoms with van der Waals surface area (Å²) in [6.07, 6.45) is 0.828. The topological polar surface area (TPSA) is 61.0 Å². The van der Waals surface area contributed by atoms with Crippen LogP contribution in [0.4, 0.5) is 10.2 Å². The third kappa shape index (κ3) is 3.44. The van der Waals surface area contributed by atoms with E-state index in [1.165, 1.54) is 12.1 Å². The molecule has 0 bridgehead atoms. The second-order valence-electron chi connectivity index (χ2n) is 6.42. The van der Waals surface area contributed by atoms with Crippen molar-refractivity contribution in [3.8, 4) is 11.3 Å². The van der Waals surface area contributed by atoms with Crippen LogP contribution in [0, 0.1) is 5.82 Å². The first kappa shape index (κ1) is 16.3. The third-order valence-electron chi connectivity index (χ3n) is 4.58. The van der Waals surface area contributed by atoms with E-state index >= 15 is 0 Å². The average molecular weight is 350 g/mol. The molecule has 1 saturated heterocycles. The first-order valence-corrected chi connectivity index (χ1v) is 8.61. The predicted octanol–water partition coefficient (Wildman–Crippen LogP) is 3.22. The van der Waals surface area contributed by atoms with Crippen molar-refractivity contribution >= 4 is 11.7 Å². The molecule has 2 N–H and O–H groups in total. The molecule has 0 radical (unpaired) electrons. The lowest BCUT2D eigenvalue weighted by molar-refractivity contribution is 0.0940. The summed E-state index contributed by atoms with van der Waals surface area (Å²) in [6.45, 7) is 1.49. The largest absolute Gasteiger partial charge is 0.353 e. The second kappa shape index (κ2) is 7.00. The van der Waals surface area contributed by atoms with Crippen molar-refractivity contribution in [1.82, 2.24) is 15.5 Å². The van der Waals surface area contributed by atoms with E-state index in [1.54, 1.807) is 12.1 Å². The Labute approximate surface area is 150 Å². The number of H-pyrrole nitrogens is 1. The molecule has 5 nitrogen and oxygen atoms in total. The Bertz CT molecular complexity index is 909. The SMILES string of the molecule is O=C(NC1CCN(c2cc(-c3ccccc3)[nH]n2)C1)c1cccc(F)c1. The van der Waals surface area contributed by atoms with Gasteiger partial charge in [-0.1, -0.05) is 36.4 Å². The molecule has 0 saturated carbocycles. The zero-order chi connectivity index (χ0) is 17.9. The third-order valence-corrected chi connectivity index (χ3v) is 4.58. The highest BCUT2D eigenvalue weighted by atomic mass is 19.1. The van der Waals surface area contributed by atoms with E-state index in [9.17, 15) is 9.18 Å². The molecule has 2 aromatic carbocycles. The Kier molecular flexibility index (Phi) is 4.39. The van der Waals surface area contributed by atoms with Crippen molar-refractivity contribution in [2.75, 3.05) is 18.0 Å². The van der Waals surface area contributed by atoms with Gasteiger partial charge in [-0.3, -0.25) is 9.89 Å². The summed E-state index contributed by atoms with van der Waals surface area (Å²) in [4.78, 5) is 14.4. The van der Waals surface area contributed by atoms with Crippen LogP contribution in [-0.2, 0) is 0 Å². The van der Waals surface area contributed by atoms with Gasteiger partial charge in [0.25, 0.3) is 5.91 Å². The molecular weight excluding hydrogens is 331 g/mol. The van der Waals surface area contributed by atoms with Crippen LogP contribution < -0.4 is 10.2 Å². The summed E-state index contributed by atoms with van der Waals surface area (Å²) in [5.41, 5.74) is 2.39. The van der Waals surface area contributed by atoms with Gasteiger partial charge in [0.05, 0.1) is 5.69 Å². The molecule has 1 amide bonds. The van der Waals surface area contributed by atoms with Crippen LogP contribution >= 0.6 is 0 Å². The number of nitrogens with one attached hydrogen (secondary N) is 2. The number of amides is 1. The Hall–Kier alpha value is -3.15. The lowest BCUT2D eigenvalue weighted by atomic mass is 10.1. The molecule has 1 atom stereocenters. The molecule has 1 unspecified atom stereocenters. The molecule has 1 fully saturated rings. The number of carbonyl (C=O) groups is 1. The minimum absolute atomic E-state index is 0.0163. The van der Waals surface area contributed by atoms with Crippen LogP contribution in [0.1, 0.15) is 16.8 Å². The highest BCUT2D eigenvalue weighted by molar-refractivity contribution is 5.94. The molecule has 0 spiro atoms. The van der Waals surface area contributed by atoms with E-state index in [0.717, 1.165) is 30.0 Å². The summed E-state index contributed by atoms with van der Waals surface area (Å²) in [5, 5.41) is 10.4. The Balaban J connectivity index is 1.40. The first-order valence-electron chi connectivity index (χ1n) is 8.61. The second-order valence-corrected chi connectivity index (χ2v) is 6.42. The van der Waals surface area contributed by atoms with Gasteiger partial charge >= 0.3 is 0 Å². The minimum atomic E-state index is -0.407. The van der Waals surface area contributed by atoms with Crippen molar-refractivity contribution in [2.45, 2.75) is 12.5 Å². The van der Waals surface area contributed by atoms with Crippen LogP contribution in [0.25, 0.3) is 11.3 Å². The molecule has 2 heterocycles. The van der Waals surface area contributed by atoms with Crippen LogP contribution in [0.2, 0.25) is 0 Å². The molecule has 1 aromatic heterocycles. The fourth-order valence-electron chi connectivity index (χ4n) is 3.22. The van der Waals surface area contributed by atoms with E-state index in [-0.39, 0.29) is 11.9 Å². The average Bonchev–Trinajstić information content (AvgIpc) is 3.32. The number of anilines is 1. The smallest absolute Gasteiger partial charge is 0.251 e. The van der Waals surface area contributed by atoms with E-state index in [0.29, 0.717) is 12.1 Å². The Morgan fingerprint density at radius 3 is 2.81 bits per heavy atom. The number of benzene rings is 2. The molecule has 6 heteroatoms. The van der Waals surface area contributed by atoms with Crippen LogP contribution in [0.3, 0.4) is 0 Å². The van der Waals surface area contributed by atoms with Gasteiger partial charge in [-0.25, -0.2) is 4.39 Å². The molecule has 3 aromatic rings. The lowest BCUT2D eigenvalue weighted by Crippen LogP contribution is -2.37. The van der Waals surface area contributed by atoms with Crippen LogP contribution in [0.5, 0.6) is 0 Å². The van der Waals surface area contributed by atoms with E-state index in [4.69, 9.17) is 0 Å². The van der Waals surface area contributed by atoms with Crippen molar-refractivity contribution in [2.24, 2.45) is 0 Å². The number of hydrogen-bond donors (Lipinski definition) is 2. The summed E-state index contributed by atoms with van der Waals surface area (Å²) in [5.74, 6) is 0.213. The molecular formula is C20H19FN4O. The zero-order valence-corrected chi connectivity index (χ0v) is 14.2. The Morgan fingerprint density at radius 2 is 2.00 bits per heavy atom. The number of aromatic amines is 1. The van der Waals surface area contributed by atoms with Gasteiger partial charge in [-0.05, 0) is 30.2 Å². The number of aromatic nitrogens is 2. The molecule has 0 aliphatic carbocycles. The number of hydrogen-bond acceptors (Lipinski definition) is 3. The monoisotopic (exact) mass is 350 g/mol. The maximum Gasteiger partial charge on any atom is 0.251 e. The molecule has 26 heavy (non-hydrogen) atoms. The van der Waals surface area contributed by atoms with Crippen molar-refractivity contribution < 1.29 is 9.18 Å². The molecule has 1 aliphatic heterocycles. The van der Waals surface area contributed by atoms with Crippen LogP contribution in [0.15, 0.2) is 60.7 Å². The Morgan fingerprint density at radius 1 is 1.15 bits per heavy atom. The van der Waals surface area contributed by atoms with Gasteiger partial charge in [0, 0.05) is 30.8 Å². The summed E-state index contributed by atoms with van der Waals surface area (Å²) in [7, 11) is 0. The zero-order valence-electron chi connectivity index (χ0n) is 14.2. The maximum atomic E-state index is 13.3. The van der Waals surface area contributed by atoms with Crippen molar-refractivity contribution in [3.05, 3.63) is 72.0 Å². The van der Waals surface area contributed by atoms with Crippen molar-refractivity contribution in [3.63, 3.8) is 0 Å². The maximum absolute atomic E-state index is 13.3. The molecule has 132 valence electrons. The van der Waals surface area contributed by atoms with Gasteiger partial charge in [-0.15, -0.1) is 0 Å². The van der Waals surface area contributed by atoms with E-state index in [2.05, 4.69) is 20.4 Å². The molecule has 4 rings (SSSR count). The highest BCUT2D eigenvalue weighted by Gasteiger charge is 2.26. The fraction of sp³-hybridized carbons (Fsp3) is 0.200. The van der Waals surface area contributed by atoms with Gasteiger partial charge in [0.15, 0.2) is 5.82 Å². The number of carbonyl (C=O) groups excluding carboxylic acids is 1. The first-order chi connectivity index (χ1) is 12.7. The van der Waals surface area contributed by atoms with Crippen molar-refractivity contribution in [1.29, 1.82) is 0 Å². The van der Waals surface area contributed by atoms with Gasteiger partial charge < -0.3 is 10.2 Å². The van der Waals surface area contributed by atoms with Gasteiger partial charge in [0.2, 0.25) is 0 Å². The summed E-state index contributed by atoms with van der Waals surface area (Å²) >= 11 is 0. The van der Waals surface area contributed by atoms with Gasteiger partial charge in [-0.2, -0.15) is 5.10 Å². The number of halogens is 1. The quantitative estimate of drug-likeness (QED) is 0.759. The predicted molar refractivity (Wildman–Crippen MR) is 98.5 cm³/mol. The molecule has 1 aliphatic rings. The van der Waals surface area contributed by atoms with Gasteiger partial charge in [0.1, 0.15) is 5.82 Å². The lowest BCUT2D eigenvalue weighted by Gasteiger charge is -2.16. The van der Waals surface area contributed by atoms with Crippen LogP contribution in [-0.4, -0.2) is 35.2 Å². The van der Waals surface area contributed by atoms with E-state index in [1.807, 2.05) is 36.4 Å². The summed E-state index contributed by atoms with van der Waals surface area (Å²) in [6, 6.07) is 17.8.